The Morgan fingerprint density at radius 3 is 2.68 bits per heavy atom. The maximum absolute atomic E-state index is 12.0. The van der Waals surface area contributed by atoms with Gasteiger partial charge in [0.05, 0.1) is 24.8 Å². The van der Waals surface area contributed by atoms with Crippen LogP contribution in [-0.4, -0.2) is 35.0 Å². The van der Waals surface area contributed by atoms with E-state index in [4.69, 9.17) is 5.11 Å². The van der Waals surface area contributed by atoms with E-state index in [0.717, 1.165) is 11.3 Å². The van der Waals surface area contributed by atoms with Crippen molar-refractivity contribution in [1.29, 1.82) is 0 Å². The molecule has 114 valence electrons. The second-order valence-electron chi connectivity index (χ2n) is 4.19. The number of amides is 1. The van der Waals surface area contributed by atoms with Crippen LogP contribution in [0.5, 0.6) is 0 Å². The molecular formula is C14H12N2O5S. The third kappa shape index (κ3) is 3.67. The number of hydrogen-bond donors (Lipinski definition) is 2. The molecule has 0 atom stereocenters. The number of rotatable bonds is 5. The lowest BCUT2D eigenvalue weighted by molar-refractivity contribution is -0.115. The Hall–Kier alpha value is -2.74. The molecule has 1 heterocycles. The monoisotopic (exact) mass is 320 g/mol. The van der Waals surface area contributed by atoms with Crippen LogP contribution in [0, 0.1) is 0 Å². The normalized spacial score (nSPS) is 10.0. The number of nitrogens with one attached hydrogen (secondary N) is 1. The van der Waals surface area contributed by atoms with Crippen LogP contribution in [0.4, 0.5) is 5.69 Å². The van der Waals surface area contributed by atoms with Gasteiger partial charge in [-0.25, -0.2) is 14.6 Å². The standard InChI is InChI=1S/C14H12N2O5S/c1-21-14(20)8-4-2-3-5-9(8)15-11(17)6-12-16-10(7-22-12)13(18)19/h2-5,7H,6H2,1H3,(H,15,17)(H,18,19). The maximum Gasteiger partial charge on any atom is 0.355 e. The third-order valence-electron chi connectivity index (χ3n) is 2.69. The zero-order valence-electron chi connectivity index (χ0n) is 11.5. The molecule has 0 aliphatic carbocycles. The number of carbonyl (C=O) groups is 3. The van der Waals surface area contributed by atoms with E-state index in [2.05, 4.69) is 15.0 Å². The number of methoxy groups -OCH3 is 1. The highest BCUT2D eigenvalue weighted by Crippen LogP contribution is 2.17. The Morgan fingerprint density at radius 2 is 2.05 bits per heavy atom. The van der Waals surface area contributed by atoms with Gasteiger partial charge in [-0.2, -0.15) is 0 Å². The van der Waals surface area contributed by atoms with Gasteiger partial charge in [0.25, 0.3) is 0 Å². The molecule has 0 spiro atoms. The highest BCUT2D eigenvalue weighted by Gasteiger charge is 2.15. The molecule has 2 N–H and O–H groups in total. The number of thiazole rings is 1. The smallest absolute Gasteiger partial charge is 0.355 e. The molecule has 0 unspecified atom stereocenters. The van der Waals surface area contributed by atoms with E-state index in [1.807, 2.05) is 0 Å². The van der Waals surface area contributed by atoms with Crippen LogP contribution in [0.15, 0.2) is 29.6 Å². The summed E-state index contributed by atoms with van der Waals surface area (Å²) in [5.41, 5.74) is 0.473. The fourth-order valence-electron chi connectivity index (χ4n) is 1.70. The number of nitrogens with zero attached hydrogens (tertiary/aromatic N) is 1. The molecule has 2 aromatic rings. The van der Waals surface area contributed by atoms with Crippen LogP contribution in [0.2, 0.25) is 0 Å². The minimum atomic E-state index is -1.14. The number of benzene rings is 1. The number of ether oxygens (including phenoxy) is 1. The summed E-state index contributed by atoms with van der Waals surface area (Å²) in [7, 11) is 1.25. The maximum atomic E-state index is 12.0. The Labute approximate surface area is 129 Å². The summed E-state index contributed by atoms with van der Waals surface area (Å²) in [6.07, 6.45) is -0.0759. The van der Waals surface area contributed by atoms with Gasteiger partial charge in [0.15, 0.2) is 5.69 Å². The second kappa shape index (κ2) is 6.81. The summed E-state index contributed by atoms with van der Waals surface area (Å²) in [6, 6.07) is 6.44. The molecule has 0 fully saturated rings. The third-order valence-corrected chi connectivity index (χ3v) is 3.54. The summed E-state index contributed by atoms with van der Waals surface area (Å²) >= 11 is 1.09. The quantitative estimate of drug-likeness (QED) is 0.814. The molecule has 0 radical (unpaired) electrons. The Bertz CT molecular complexity index is 726. The topological polar surface area (TPSA) is 106 Å². The van der Waals surface area contributed by atoms with Crippen molar-refractivity contribution in [2.24, 2.45) is 0 Å². The van der Waals surface area contributed by atoms with Crippen LogP contribution in [0.1, 0.15) is 25.9 Å². The fraction of sp³-hybridized carbons (Fsp3) is 0.143. The van der Waals surface area contributed by atoms with Crippen LogP contribution in [-0.2, 0) is 16.0 Å². The Balaban J connectivity index is 2.09. The van der Waals surface area contributed by atoms with Gasteiger partial charge in [-0.15, -0.1) is 11.3 Å². The van der Waals surface area contributed by atoms with Crippen molar-refractivity contribution in [2.75, 3.05) is 12.4 Å². The Kier molecular flexibility index (Phi) is 4.84. The average Bonchev–Trinajstić information content (AvgIpc) is 2.95. The predicted molar refractivity (Wildman–Crippen MR) is 79.2 cm³/mol. The van der Waals surface area contributed by atoms with Gasteiger partial charge in [-0.3, -0.25) is 4.79 Å². The van der Waals surface area contributed by atoms with Crippen LogP contribution < -0.4 is 5.32 Å². The van der Waals surface area contributed by atoms with E-state index in [0.29, 0.717) is 10.7 Å². The summed E-state index contributed by atoms with van der Waals surface area (Å²) in [5.74, 6) is -2.10. The molecule has 0 aliphatic rings. The van der Waals surface area contributed by atoms with E-state index in [1.165, 1.54) is 18.6 Å². The predicted octanol–water partition coefficient (Wildman–Crippen LogP) is 1.81. The van der Waals surface area contributed by atoms with E-state index in [1.54, 1.807) is 18.2 Å². The van der Waals surface area contributed by atoms with Crippen molar-refractivity contribution in [3.8, 4) is 0 Å². The number of anilines is 1. The number of carboxylic acids is 1. The minimum Gasteiger partial charge on any atom is -0.476 e. The van der Waals surface area contributed by atoms with Crippen LogP contribution >= 0.6 is 11.3 Å². The molecule has 1 aromatic carbocycles. The van der Waals surface area contributed by atoms with E-state index >= 15 is 0 Å². The first-order chi connectivity index (χ1) is 10.5. The largest absolute Gasteiger partial charge is 0.476 e. The number of aromatic nitrogens is 1. The van der Waals surface area contributed by atoms with Gasteiger partial charge in [-0.05, 0) is 12.1 Å². The van der Waals surface area contributed by atoms with E-state index < -0.39 is 17.8 Å². The van der Waals surface area contributed by atoms with Gasteiger partial charge >= 0.3 is 11.9 Å². The fourth-order valence-corrected chi connectivity index (χ4v) is 2.47. The number of esters is 1. The van der Waals surface area contributed by atoms with E-state index in [-0.39, 0.29) is 17.7 Å². The van der Waals surface area contributed by atoms with Crippen LogP contribution in [0.3, 0.4) is 0 Å². The zero-order chi connectivity index (χ0) is 16.1. The van der Waals surface area contributed by atoms with Gasteiger partial charge in [0.2, 0.25) is 5.91 Å². The van der Waals surface area contributed by atoms with Gasteiger partial charge < -0.3 is 15.2 Å². The van der Waals surface area contributed by atoms with Gasteiger partial charge in [0, 0.05) is 5.38 Å². The zero-order valence-corrected chi connectivity index (χ0v) is 12.3. The summed E-state index contributed by atoms with van der Waals surface area (Å²) in [6.45, 7) is 0. The van der Waals surface area contributed by atoms with Gasteiger partial charge in [0.1, 0.15) is 5.01 Å². The first-order valence-electron chi connectivity index (χ1n) is 6.16. The lowest BCUT2D eigenvalue weighted by atomic mass is 10.1. The average molecular weight is 320 g/mol. The number of carboxylic acid groups (broad SMARTS) is 1. The lowest BCUT2D eigenvalue weighted by Gasteiger charge is -2.08. The van der Waals surface area contributed by atoms with E-state index in [9.17, 15) is 14.4 Å². The Morgan fingerprint density at radius 1 is 1.32 bits per heavy atom. The molecule has 22 heavy (non-hydrogen) atoms. The minimum absolute atomic E-state index is 0.0759. The van der Waals surface area contributed by atoms with Crippen molar-refractivity contribution >= 4 is 34.9 Å². The highest BCUT2D eigenvalue weighted by molar-refractivity contribution is 7.09. The molecule has 0 aliphatic heterocycles. The molecular weight excluding hydrogens is 308 g/mol. The molecule has 0 saturated carbocycles. The summed E-state index contributed by atoms with van der Waals surface area (Å²) in [5, 5.41) is 13.1. The van der Waals surface area contributed by atoms with Crippen molar-refractivity contribution in [1.82, 2.24) is 4.98 Å². The molecule has 8 heteroatoms. The van der Waals surface area contributed by atoms with Crippen molar-refractivity contribution < 1.29 is 24.2 Å². The van der Waals surface area contributed by atoms with Crippen LogP contribution in [0.25, 0.3) is 0 Å². The molecule has 1 amide bonds. The lowest BCUT2D eigenvalue weighted by Crippen LogP contribution is -2.17. The highest BCUT2D eigenvalue weighted by atomic mass is 32.1. The number of hydrogen-bond acceptors (Lipinski definition) is 6. The summed E-state index contributed by atoms with van der Waals surface area (Å²) < 4.78 is 4.64. The first-order valence-corrected chi connectivity index (χ1v) is 7.04. The van der Waals surface area contributed by atoms with Crippen molar-refractivity contribution in [3.05, 3.63) is 45.9 Å². The number of para-hydroxylation sites is 1. The van der Waals surface area contributed by atoms with Crippen molar-refractivity contribution in [3.63, 3.8) is 0 Å². The molecule has 0 bridgehead atoms. The summed E-state index contributed by atoms with van der Waals surface area (Å²) in [4.78, 5) is 38.2. The van der Waals surface area contributed by atoms with Gasteiger partial charge in [-0.1, -0.05) is 12.1 Å². The second-order valence-corrected chi connectivity index (χ2v) is 5.14. The number of aromatic carboxylic acids is 1. The molecule has 0 saturated heterocycles. The van der Waals surface area contributed by atoms with Crippen molar-refractivity contribution in [2.45, 2.75) is 6.42 Å². The first kappa shape index (κ1) is 15.6. The SMILES string of the molecule is COC(=O)c1ccccc1NC(=O)Cc1nc(C(=O)O)cs1. The number of carbonyl (C=O) groups excluding carboxylic acids is 2. The molecule has 1 aromatic heterocycles. The molecule has 7 nitrogen and oxygen atoms in total. The molecule has 2 rings (SSSR count).